The summed E-state index contributed by atoms with van der Waals surface area (Å²) in [5.74, 6) is 0.774. The Hall–Kier alpha value is -2.30. The molecule has 1 saturated heterocycles. The zero-order valence-corrected chi connectivity index (χ0v) is 14.5. The lowest BCUT2D eigenvalue weighted by Gasteiger charge is -2.31. The quantitative estimate of drug-likeness (QED) is 0.804. The van der Waals surface area contributed by atoms with Gasteiger partial charge in [-0.1, -0.05) is 0 Å². The highest BCUT2D eigenvalue weighted by molar-refractivity contribution is 5.93. The molecule has 2 N–H and O–H groups in total. The van der Waals surface area contributed by atoms with Crippen LogP contribution in [-0.4, -0.2) is 52.0 Å². The van der Waals surface area contributed by atoms with Gasteiger partial charge in [-0.25, -0.2) is 0 Å². The van der Waals surface area contributed by atoms with Gasteiger partial charge >= 0.3 is 0 Å². The predicted octanol–water partition coefficient (Wildman–Crippen LogP) is 0.206. The maximum Gasteiger partial charge on any atom is 0.279 e. The van der Waals surface area contributed by atoms with Gasteiger partial charge in [0.25, 0.3) is 5.91 Å². The molecular formula is C17H24N3O4+. The fraction of sp³-hybridized carbons (Fsp3) is 0.529. The molecule has 0 saturated carbocycles. The number of nitrogens with one attached hydrogen (secondary N) is 2. The summed E-state index contributed by atoms with van der Waals surface area (Å²) in [5.41, 5.74) is 0.758. The van der Waals surface area contributed by atoms with E-state index in [0.29, 0.717) is 29.3 Å². The molecular weight excluding hydrogens is 310 g/mol. The van der Waals surface area contributed by atoms with Crippen LogP contribution in [0.4, 0.5) is 5.69 Å². The van der Waals surface area contributed by atoms with Gasteiger partial charge in [0.2, 0.25) is 0 Å². The van der Waals surface area contributed by atoms with Crippen molar-refractivity contribution in [2.24, 2.45) is 0 Å². The van der Waals surface area contributed by atoms with Gasteiger partial charge in [0.1, 0.15) is 31.4 Å². The van der Waals surface area contributed by atoms with Gasteiger partial charge in [-0.15, -0.1) is 0 Å². The number of methoxy groups -OCH3 is 2. The normalized spacial score (nSPS) is 23.2. The van der Waals surface area contributed by atoms with Crippen LogP contribution in [-0.2, 0) is 9.53 Å². The molecule has 1 aliphatic rings. The van der Waals surface area contributed by atoms with Crippen molar-refractivity contribution in [2.45, 2.75) is 26.1 Å². The molecule has 1 heterocycles. The van der Waals surface area contributed by atoms with Gasteiger partial charge < -0.3 is 24.4 Å². The van der Waals surface area contributed by atoms with Gasteiger partial charge in [0.15, 0.2) is 18.0 Å². The second kappa shape index (κ2) is 7.99. The number of morpholine rings is 1. The molecule has 1 fully saturated rings. The number of rotatable bonds is 5. The first-order valence-corrected chi connectivity index (χ1v) is 7.91. The average molecular weight is 334 g/mol. The van der Waals surface area contributed by atoms with E-state index < -0.39 is 0 Å². The van der Waals surface area contributed by atoms with Gasteiger partial charge in [-0.05, 0) is 13.8 Å². The Morgan fingerprint density at radius 3 is 2.42 bits per heavy atom. The second-order valence-electron chi connectivity index (χ2n) is 6.01. The van der Waals surface area contributed by atoms with Gasteiger partial charge in [0, 0.05) is 12.1 Å². The molecule has 1 aromatic rings. The van der Waals surface area contributed by atoms with Crippen molar-refractivity contribution in [1.29, 1.82) is 5.26 Å². The maximum atomic E-state index is 12.4. The predicted molar refractivity (Wildman–Crippen MR) is 88.5 cm³/mol. The van der Waals surface area contributed by atoms with Crippen molar-refractivity contribution in [3.8, 4) is 17.6 Å². The number of hydrogen-bond acceptors (Lipinski definition) is 5. The van der Waals surface area contributed by atoms with E-state index in [0.717, 1.165) is 18.0 Å². The Bertz CT molecular complexity index is 631. The minimum atomic E-state index is -0.144. The fourth-order valence-corrected chi connectivity index (χ4v) is 3.03. The average Bonchev–Trinajstić information content (AvgIpc) is 2.53. The lowest BCUT2D eigenvalue weighted by Crippen LogP contribution is -3.16. The molecule has 7 nitrogen and oxygen atoms in total. The van der Waals surface area contributed by atoms with E-state index in [9.17, 15) is 10.1 Å². The molecule has 0 bridgehead atoms. The van der Waals surface area contributed by atoms with E-state index in [1.54, 1.807) is 12.1 Å². The van der Waals surface area contributed by atoms with Crippen molar-refractivity contribution in [3.05, 3.63) is 17.7 Å². The lowest BCUT2D eigenvalue weighted by molar-refractivity contribution is -0.907. The second-order valence-corrected chi connectivity index (χ2v) is 6.01. The minimum absolute atomic E-state index is 0.132. The molecule has 0 aromatic heterocycles. The first-order chi connectivity index (χ1) is 11.5. The highest BCUT2D eigenvalue weighted by atomic mass is 16.5. The standard InChI is InChI=1S/C17H23N3O4/c1-11-8-20(9-12(2)24-11)10-17(21)19-14-6-16(23-4)15(22-3)5-13(14)7-18/h5-6,11-12H,8-10H2,1-4H3,(H,19,21)/p+1/t11-,12-/m1/s1. The van der Waals surface area contributed by atoms with Crippen molar-refractivity contribution in [2.75, 3.05) is 39.2 Å². The summed E-state index contributed by atoms with van der Waals surface area (Å²) in [6.45, 7) is 5.92. The fourth-order valence-electron chi connectivity index (χ4n) is 3.03. The highest BCUT2D eigenvalue weighted by Crippen LogP contribution is 2.32. The summed E-state index contributed by atoms with van der Waals surface area (Å²) >= 11 is 0. The Morgan fingerprint density at radius 2 is 1.88 bits per heavy atom. The summed E-state index contributed by atoms with van der Waals surface area (Å²) in [4.78, 5) is 13.5. The van der Waals surface area contributed by atoms with Crippen LogP contribution >= 0.6 is 0 Å². The number of nitriles is 1. The molecule has 0 radical (unpaired) electrons. The lowest BCUT2D eigenvalue weighted by atomic mass is 10.1. The van der Waals surface area contributed by atoms with E-state index >= 15 is 0 Å². The summed E-state index contributed by atoms with van der Waals surface area (Å²) in [7, 11) is 3.01. The van der Waals surface area contributed by atoms with E-state index in [1.165, 1.54) is 14.2 Å². The molecule has 0 spiro atoms. The maximum absolute atomic E-state index is 12.4. The smallest absolute Gasteiger partial charge is 0.279 e. The van der Waals surface area contributed by atoms with Crippen LogP contribution in [0, 0.1) is 11.3 Å². The molecule has 1 aliphatic heterocycles. The third kappa shape index (κ3) is 4.37. The summed E-state index contributed by atoms with van der Waals surface area (Å²) < 4.78 is 16.1. The first-order valence-electron chi connectivity index (χ1n) is 7.91. The third-order valence-electron chi connectivity index (χ3n) is 3.95. The molecule has 1 amide bonds. The Kier molecular flexibility index (Phi) is 6.01. The van der Waals surface area contributed by atoms with Crippen LogP contribution in [0.15, 0.2) is 12.1 Å². The SMILES string of the molecule is COc1cc(C#N)c(NC(=O)C[NH+]2C[C@@H](C)O[C@H](C)C2)cc1OC. The molecule has 2 rings (SSSR count). The van der Waals surface area contributed by atoms with Crippen LogP contribution in [0.5, 0.6) is 11.5 Å². The Labute approximate surface area is 142 Å². The number of quaternary nitrogens is 1. The number of hydrogen-bond donors (Lipinski definition) is 2. The van der Waals surface area contributed by atoms with Crippen molar-refractivity contribution >= 4 is 11.6 Å². The molecule has 0 aliphatic carbocycles. The number of nitrogens with zero attached hydrogens (tertiary/aromatic N) is 1. The highest BCUT2D eigenvalue weighted by Gasteiger charge is 2.27. The van der Waals surface area contributed by atoms with Crippen LogP contribution in [0.25, 0.3) is 0 Å². The Morgan fingerprint density at radius 1 is 1.29 bits per heavy atom. The zero-order valence-electron chi connectivity index (χ0n) is 14.5. The monoisotopic (exact) mass is 334 g/mol. The summed E-state index contributed by atoms with van der Waals surface area (Å²) in [6.07, 6.45) is 0.264. The summed E-state index contributed by atoms with van der Waals surface area (Å²) in [6, 6.07) is 5.23. The van der Waals surface area contributed by atoms with Crippen molar-refractivity contribution in [1.82, 2.24) is 0 Å². The van der Waals surface area contributed by atoms with Crippen LogP contribution < -0.4 is 19.7 Å². The molecule has 7 heteroatoms. The van der Waals surface area contributed by atoms with Gasteiger partial charge in [-0.2, -0.15) is 5.26 Å². The minimum Gasteiger partial charge on any atom is -0.493 e. The van der Waals surface area contributed by atoms with E-state index in [4.69, 9.17) is 14.2 Å². The largest absolute Gasteiger partial charge is 0.493 e. The third-order valence-corrected chi connectivity index (χ3v) is 3.95. The molecule has 130 valence electrons. The summed E-state index contributed by atoms with van der Waals surface area (Å²) in [5, 5.41) is 12.1. The van der Waals surface area contributed by atoms with Crippen LogP contribution in [0.3, 0.4) is 0 Å². The Balaban J connectivity index is 2.09. The molecule has 2 atom stereocenters. The van der Waals surface area contributed by atoms with Crippen LogP contribution in [0.1, 0.15) is 19.4 Å². The van der Waals surface area contributed by atoms with Crippen LogP contribution in [0.2, 0.25) is 0 Å². The topological polar surface area (TPSA) is 85.0 Å². The van der Waals surface area contributed by atoms with Crippen molar-refractivity contribution < 1.29 is 23.9 Å². The van der Waals surface area contributed by atoms with E-state index in [2.05, 4.69) is 11.4 Å². The molecule has 1 aromatic carbocycles. The number of amides is 1. The number of carbonyl (C=O) groups is 1. The van der Waals surface area contributed by atoms with E-state index in [-0.39, 0.29) is 18.1 Å². The van der Waals surface area contributed by atoms with Crippen molar-refractivity contribution in [3.63, 3.8) is 0 Å². The van der Waals surface area contributed by atoms with E-state index in [1.807, 2.05) is 13.8 Å². The molecule has 24 heavy (non-hydrogen) atoms. The zero-order chi connectivity index (χ0) is 17.7. The number of anilines is 1. The van der Waals surface area contributed by atoms with Gasteiger partial charge in [-0.3, -0.25) is 4.79 Å². The van der Waals surface area contributed by atoms with Gasteiger partial charge in [0.05, 0.1) is 25.5 Å². The number of carbonyl (C=O) groups excluding carboxylic acids is 1. The number of ether oxygens (including phenoxy) is 3. The first kappa shape index (κ1) is 18.0. The number of benzene rings is 1. The molecule has 0 unspecified atom stereocenters.